The molecule has 1 fully saturated rings. The van der Waals surface area contributed by atoms with Crippen LogP contribution in [0.2, 0.25) is 0 Å². The molecule has 8 heteroatoms. The summed E-state index contributed by atoms with van der Waals surface area (Å²) in [5, 5.41) is 3.84. The van der Waals surface area contributed by atoms with Crippen molar-refractivity contribution in [2.45, 2.75) is 59.3 Å². The number of anilines is 1. The van der Waals surface area contributed by atoms with Crippen molar-refractivity contribution in [2.24, 2.45) is 0 Å². The van der Waals surface area contributed by atoms with Crippen LogP contribution in [-0.2, 0) is 20.5 Å². The van der Waals surface area contributed by atoms with Gasteiger partial charge in [0.1, 0.15) is 0 Å². The quantitative estimate of drug-likeness (QED) is 0.520. The lowest BCUT2D eigenvalue weighted by atomic mass is 9.85. The van der Waals surface area contributed by atoms with E-state index in [1.165, 1.54) is 18.2 Å². The van der Waals surface area contributed by atoms with Crippen molar-refractivity contribution in [2.75, 3.05) is 31.1 Å². The number of carbonyl (C=O) groups is 2. The lowest BCUT2D eigenvalue weighted by Crippen LogP contribution is -2.49. The molecule has 2 aromatic rings. The van der Waals surface area contributed by atoms with Crippen molar-refractivity contribution in [3.8, 4) is 5.88 Å². The summed E-state index contributed by atoms with van der Waals surface area (Å²) in [7, 11) is 0. The fourth-order valence-electron chi connectivity index (χ4n) is 3.92. The highest BCUT2D eigenvalue weighted by Gasteiger charge is 2.36. The van der Waals surface area contributed by atoms with Gasteiger partial charge in [0.05, 0.1) is 5.56 Å². The molecule has 0 radical (unpaired) electrons. The molecule has 0 N–H and O–H groups in total. The number of benzene rings is 1. The van der Waals surface area contributed by atoms with Gasteiger partial charge in [0.15, 0.2) is 0 Å². The second kappa shape index (κ2) is 8.84. The number of amides is 1. The Labute approximate surface area is 189 Å². The minimum atomic E-state index is -0.618. The molecule has 0 bridgehead atoms. The van der Waals surface area contributed by atoms with E-state index >= 15 is 0 Å². The molecule has 1 aliphatic rings. The molecule has 1 aromatic carbocycles. The topological polar surface area (TPSA) is 85.1 Å². The molecule has 1 aliphatic heterocycles. The first kappa shape index (κ1) is 23.6. The number of carbonyl (C=O) groups excluding carboxylic acids is 2. The maximum Gasteiger partial charge on any atom is 0.352 e. The Bertz CT molecular complexity index is 976. The minimum Gasteiger partial charge on any atom is -0.368 e. The molecule has 174 valence electrons. The second-order valence-corrected chi connectivity index (χ2v) is 10.1. The predicted octanol–water partition coefficient (Wildman–Crippen LogP) is 4.09. The Hall–Kier alpha value is -3.03. The van der Waals surface area contributed by atoms with Crippen molar-refractivity contribution in [3.05, 3.63) is 41.2 Å². The summed E-state index contributed by atoms with van der Waals surface area (Å²) in [4.78, 5) is 38.1. The SMILES string of the molecule is CC(=O)OOc1noc(C(=O)N2CCN(c3ccccc3C(C)(C)C)CC2)c1C(C)(C)C. The van der Waals surface area contributed by atoms with Crippen molar-refractivity contribution in [1.29, 1.82) is 0 Å². The van der Waals surface area contributed by atoms with Gasteiger partial charge in [0.2, 0.25) is 5.76 Å². The van der Waals surface area contributed by atoms with Crippen LogP contribution in [0.5, 0.6) is 5.88 Å². The van der Waals surface area contributed by atoms with E-state index in [0.717, 1.165) is 0 Å². The highest BCUT2D eigenvalue weighted by Crippen LogP contribution is 2.36. The third-order valence-corrected chi connectivity index (χ3v) is 5.46. The molecule has 1 aromatic heterocycles. The standard InChI is InChI=1S/C24H33N3O5/c1-16(28)31-32-21-19(24(5,6)7)20(30-25-21)22(29)27-14-12-26(13-15-27)18-11-9-8-10-17(18)23(2,3)4/h8-11H,12-15H2,1-7H3. The fourth-order valence-corrected chi connectivity index (χ4v) is 3.92. The molecule has 2 heterocycles. The van der Waals surface area contributed by atoms with Crippen LogP contribution in [-0.4, -0.2) is 48.1 Å². The number of rotatable bonds is 4. The number of aromatic nitrogens is 1. The van der Waals surface area contributed by atoms with E-state index in [-0.39, 0.29) is 23.0 Å². The molecule has 32 heavy (non-hydrogen) atoms. The normalized spacial score (nSPS) is 15.0. The van der Waals surface area contributed by atoms with Gasteiger partial charge < -0.3 is 14.3 Å². The smallest absolute Gasteiger partial charge is 0.352 e. The third-order valence-electron chi connectivity index (χ3n) is 5.46. The number of piperazine rings is 1. The highest BCUT2D eigenvalue weighted by molar-refractivity contribution is 5.94. The summed E-state index contributed by atoms with van der Waals surface area (Å²) in [6.07, 6.45) is 0. The van der Waals surface area contributed by atoms with Crippen LogP contribution >= 0.6 is 0 Å². The first-order valence-electron chi connectivity index (χ1n) is 10.9. The molecule has 8 nitrogen and oxygen atoms in total. The van der Waals surface area contributed by atoms with E-state index in [0.29, 0.717) is 31.7 Å². The Morgan fingerprint density at radius 1 is 0.969 bits per heavy atom. The van der Waals surface area contributed by atoms with Crippen LogP contribution in [0.15, 0.2) is 28.8 Å². The predicted molar refractivity (Wildman–Crippen MR) is 121 cm³/mol. The average Bonchev–Trinajstić information content (AvgIpc) is 3.16. The molecule has 3 rings (SSSR count). The Kier molecular flexibility index (Phi) is 6.53. The van der Waals surface area contributed by atoms with Gasteiger partial charge in [-0.2, -0.15) is 0 Å². The Balaban J connectivity index is 1.77. The van der Waals surface area contributed by atoms with Gasteiger partial charge in [-0.15, -0.1) is 0 Å². The Morgan fingerprint density at radius 2 is 1.59 bits per heavy atom. The second-order valence-electron chi connectivity index (χ2n) is 10.1. The van der Waals surface area contributed by atoms with Gasteiger partial charge in [0, 0.05) is 38.8 Å². The zero-order chi connectivity index (χ0) is 23.7. The van der Waals surface area contributed by atoms with Gasteiger partial charge in [-0.3, -0.25) is 9.68 Å². The molecule has 1 amide bonds. The molecule has 0 spiro atoms. The van der Waals surface area contributed by atoms with Crippen molar-refractivity contribution in [3.63, 3.8) is 0 Å². The summed E-state index contributed by atoms with van der Waals surface area (Å²) >= 11 is 0. The summed E-state index contributed by atoms with van der Waals surface area (Å²) in [6.45, 7) is 16.1. The highest BCUT2D eigenvalue weighted by atomic mass is 17.2. The zero-order valence-electron chi connectivity index (χ0n) is 20.0. The van der Waals surface area contributed by atoms with E-state index in [9.17, 15) is 9.59 Å². The minimum absolute atomic E-state index is 0.00575. The molecule has 1 saturated heterocycles. The van der Waals surface area contributed by atoms with Gasteiger partial charge in [0.25, 0.3) is 5.91 Å². The van der Waals surface area contributed by atoms with E-state index in [1.54, 1.807) is 4.90 Å². The monoisotopic (exact) mass is 443 g/mol. The lowest BCUT2D eigenvalue weighted by molar-refractivity contribution is -0.213. The van der Waals surface area contributed by atoms with E-state index in [2.05, 4.69) is 60.0 Å². The largest absolute Gasteiger partial charge is 0.368 e. The van der Waals surface area contributed by atoms with E-state index in [4.69, 9.17) is 9.41 Å². The summed E-state index contributed by atoms with van der Waals surface area (Å²) in [6, 6.07) is 8.43. The molecular weight excluding hydrogens is 410 g/mol. The summed E-state index contributed by atoms with van der Waals surface area (Å²) in [5.74, 6) is -0.756. The average molecular weight is 444 g/mol. The molecule has 0 aliphatic carbocycles. The van der Waals surface area contributed by atoms with Crippen LogP contribution in [0.25, 0.3) is 0 Å². The van der Waals surface area contributed by atoms with Gasteiger partial charge >= 0.3 is 11.8 Å². The fraction of sp³-hybridized carbons (Fsp3) is 0.542. The van der Waals surface area contributed by atoms with Crippen LogP contribution in [0, 0.1) is 0 Å². The maximum absolute atomic E-state index is 13.3. The van der Waals surface area contributed by atoms with Crippen LogP contribution in [0.1, 0.15) is 70.1 Å². The molecular formula is C24H33N3O5. The lowest BCUT2D eigenvalue weighted by Gasteiger charge is -2.38. The maximum atomic E-state index is 13.3. The van der Waals surface area contributed by atoms with Crippen LogP contribution in [0.4, 0.5) is 5.69 Å². The third kappa shape index (κ3) is 5.06. The van der Waals surface area contributed by atoms with E-state index < -0.39 is 11.4 Å². The van der Waals surface area contributed by atoms with Crippen LogP contribution in [0.3, 0.4) is 0 Å². The van der Waals surface area contributed by atoms with Crippen molar-refractivity contribution >= 4 is 17.6 Å². The Morgan fingerprint density at radius 3 is 2.16 bits per heavy atom. The van der Waals surface area contributed by atoms with Gasteiger partial charge in [-0.25, -0.2) is 9.68 Å². The van der Waals surface area contributed by atoms with Crippen molar-refractivity contribution < 1.29 is 23.9 Å². The van der Waals surface area contributed by atoms with Gasteiger partial charge in [-0.05, 0) is 27.6 Å². The summed E-state index contributed by atoms with van der Waals surface area (Å²) in [5.41, 5.74) is 2.50. The zero-order valence-corrected chi connectivity index (χ0v) is 20.0. The first-order chi connectivity index (χ1) is 14.9. The van der Waals surface area contributed by atoms with E-state index in [1.807, 2.05) is 20.8 Å². The number of hydrogen-bond acceptors (Lipinski definition) is 7. The first-order valence-corrected chi connectivity index (χ1v) is 10.9. The summed E-state index contributed by atoms with van der Waals surface area (Å²) < 4.78 is 5.37. The molecule has 0 atom stereocenters. The van der Waals surface area contributed by atoms with Crippen LogP contribution < -0.4 is 9.79 Å². The number of para-hydroxylation sites is 1. The number of hydrogen-bond donors (Lipinski definition) is 0. The molecule has 0 unspecified atom stereocenters. The van der Waals surface area contributed by atoms with Crippen molar-refractivity contribution in [1.82, 2.24) is 10.1 Å². The van der Waals surface area contributed by atoms with Gasteiger partial charge in [-0.1, -0.05) is 59.7 Å². The molecule has 0 saturated carbocycles. The number of nitrogens with zero attached hydrogens (tertiary/aromatic N) is 3.